The predicted octanol–water partition coefficient (Wildman–Crippen LogP) is 2.94. The monoisotopic (exact) mass is 224 g/mol. The van der Waals surface area contributed by atoms with Gasteiger partial charge in [-0.05, 0) is 30.7 Å². The molecule has 0 atom stereocenters. The lowest BCUT2D eigenvalue weighted by molar-refractivity contribution is 0.413. The molecule has 0 aliphatic heterocycles. The summed E-state index contributed by atoms with van der Waals surface area (Å²) in [5.74, 6) is 0.591. The van der Waals surface area contributed by atoms with Gasteiger partial charge in [-0.3, -0.25) is 4.98 Å². The summed E-state index contributed by atoms with van der Waals surface area (Å²) in [5.41, 5.74) is 3.55. The van der Waals surface area contributed by atoms with E-state index in [1.165, 1.54) is 0 Å². The van der Waals surface area contributed by atoms with Gasteiger partial charge >= 0.3 is 0 Å². The second-order valence-corrected chi connectivity index (χ2v) is 3.66. The van der Waals surface area contributed by atoms with E-state index in [-0.39, 0.29) is 0 Å². The summed E-state index contributed by atoms with van der Waals surface area (Å²) in [6, 6.07) is 11.5. The molecular formula is C14H12N2O. The zero-order chi connectivity index (χ0) is 12.3. The lowest BCUT2D eigenvalue weighted by Gasteiger charge is -2.08. The molecule has 0 N–H and O–H groups in total. The maximum atomic E-state index is 8.92. The van der Waals surface area contributed by atoms with E-state index in [4.69, 9.17) is 10.00 Å². The van der Waals surface area contributed by atoms with Crippen molar-refractivity contribution in [3.63, 3.8) is 0 Å². The molecule has 0 unspecified atom stereocenters. The van der Waals surface area contributed by atoms with Crippen LogP contribution in [0.1, 0.15) is 11.3 Å². The fraction of sp³-hybridized carbons (Fsp3) is 0.143. The molecular weight excluding hydrogens is 212 g/mol. The second-order valence-electron chi connectivity index (χ2n) is 3.66. The van der Waals surface area contributed by atoms with E-state index < -0.39 is 0 Å². The smallest absolute Gasteiger partial charge is 0.137 e. The number of benzene rings is 1. The number of ether oxygens (including phenoxy) is 1. The Morgan fingerprint density at radius 1 is 1.29 bits per heavy atom. The van der Waals surface area contributed by atoms with Gasteiger partial charge < -0.3 is 4.74 Å². The highest BCUT2D eigenvalue weighted by Gasteiger charge is 2.07. The minimum Gasteiger partial charge on any atom is -0.495 e. The molecule has 0 amide bonds. The Balaban J connectivity index is 2.55. The Morgan fingerprint density at radius 3 is 2.76 bits per heavy atom. The van der Waals surface area contributed by atoms with Crippen LogP contribution in [0.25, 0.3) is 11.1 Å². The van der Waals surface area contributed by atoms with Crippen molar-refractivity contribution in [1.82, 2.24) is 4.98 Å². The minimum absolute atomic E-state index is 0.540. The molecule has 17 heavy (non-hydrogen) atoms. The van der Waals surface area contributed by atoms with Crippen molar-refractivity contribution in [2.75, 3.05) is 7.11 Å². The van der Waals surface area contributed by atoms with Crippen molar-refractivity contribution in [1.29, 1.82) is 5.26 Å². The van der Waals surface area contributed by atoms with Crippen molar-refractivity contribution in [2.24, 2.45) is 0 Å². The molecule has 2 rings (SSSR count). The molecule has 1 aromatic heterocycles. The van der Waals surface area contributed by atoms with E-state index in [2.05, 4.69) is 11.1 Å². The molecule has 0 saturated heterocycles. The van der Waals surface area contributed by atoms with Gasteiger partial charge in [0.2, 0.25) is 0 Å². The van der Waals surface area contributed by atoms with Crippen LogP contribution in [0.15, 0.2) is 36.5 Å². The maximum absolute atomic E-state index is 8.92. The Kier molecular flexibility index (Phi) is 3.06. The van der Waals surface area contributed by atoms with Crippen molar-refractivity contribution in [2.45, 2.75) is 6.92 Å². The number of aromatic nitrogens is 1. The van der Waals surface area contributed by atoms with Crippen LogP contribution in [-0.2, 0) is 0 Å². The van der Waals surface area contributed by atoms with Crippen LogP contribution >= 0.6 is 0 Å². The first-order valence-corrected chi connectivity index (χ1v) is 5.26. The standard InChI is InChI=1S/C14H12N2O/c1-10-13(4-3-7-16-10)11-5-6-12(9-15)14(8-11)17-2/h3-8H,1-2H3. The lowest BCUT2D eigenvalue weighted by atomic mass is 10.0. The number of nitriles is 1. The van der Waals surface area contributed by atoms with Crippen molar-refractivity contribution >= 4 is 0 Å². The van der Waals surface area contributed by atoms with Crippen LogP contribution in [0.4, 0.5) is 0 Å². The maximum Gasteiger partial charge on any atom is 0.137 e. The summed E-state index contributed by atoms with van der Waals surface area (Å²) in [6.45, 7) is 1.96. The Labute approximate surface area is 100 Å². The normalized spacial score (nSPS) is 9.71. The third-order valence-corrected chi connectivity index (χ3v) is 2.64. The zero-order valence-electron chi connectivity index (χ0n) is 9.77. The van der Waals surface area contributed by atoms with Crippen LogP contribution in [0.2, 0.25) is 0 Å². The molecule has 3 heteroatoms. The SMILES string of the molecule is COc1cc(-c2cccnc2C)ccc1C#N. The topological polar surface area (TPSA) is 45.9 Å². The summed E-state index contributed by atoms with van der Waals surface area (Å²) < 4.78 is 5.20. The largest absolute Gasteiger partial charge is 0.495 e. The highest BCUT2D eigenvalue weighted by Crippen LogP contribution is 2.27. The fourth-order valence-corrected chi connectivity index (χ4v) is 1.74. The van der Waals surface area contributed by atoms with Crippen molar-refractivity contribution in [3.8, 4) is 22.9 Å². The first-order valence-electron chi connectivity index (χ1n) is 5.26. The number of methoxy groups -OCH3 is 1. The van der Waals surface area contributed by atoms with Crippen molar-refractivity contribution < 1.29 is 4.74 Å². The molecule has 0 bridgehead atoms. The van der Waals surface area contributed by atoms with E-state index in [1.54, 1.807) is 19.4 Å². The van der Waals surface area contributed by atoms with Crippen molar-refractivity contribution in [3.05, 3.63) is 47.8 Å². The van der Waals surface area contributed by atoms with Gasteiger partial charge in [-0.15, -0.1) is 0 Å². The van der Waals surface area contributed by atoms with Gasteiger partial charge in [0.15, 0.2) is 0 Å². The Hall–Kier alpha value is -2.34. The van der Waals surface area contributed by atoms with Gasteiger partial charge in [-0.1, -0.05) is 12.1 Å². The zero-order valence-corrected chi connectivity index (χ0v) is 9.77. The predicted molar refractivity (Wildman–Crippen MR) is 65.7 cm³/mol. The minimum atomic E-state index is 0.540. The van der Waals surface area contributed by atoms with Gasteiger partial charge in [-0.2, -0.15) is 5.26 Å². The number of hydrogen-bond donors (Lipinski definition) is 0. The molecule has 2 aromatic rings. The van der Waals surface area contributed by atoms with E-state index in [9.17, 15) is 0 Å². The van der Waals surface area contributed by atoms with Gasteiger partial charge in [0.05, 0.1) is 12.7 Å². The van der Waals surface area contributed by atoms with E-state index in [1.807, 2.05) is 31.2 Å². The van der Waals surface area contributed by atoms with Crippen LogP contribution in [0.5, 0.6) is 5.75 Å². The molecule has 0 saturated carbocycles. The van der Waals surface area contributed by atoms with Gasteiger partial charge in [-0.25, -0.2) is 0 Å². The third kappa shape index (κ3) is 2.11. The van der Waals surface area contributed by atoms with E-state index in [0.717, 1.165) is 16.8 Å². The molecule has 0 aliphatic carbocycles. The fourth-order valence-electron chi connectivity index (χ4n) is 1.74. The molecule has 0 radical (unpaired) electrons. The average Bonchev–Trinajstić information content (AvgIpc) is 2.38. The molecule has 0 fully saturated rings. The average molecular weight is 224 g/mol. The summed E-state index contributed by atoms with van der Waals surface area (Å²) in [5, 5.41) is 8.92. The first-order chi connectivity index (χ1) is 8.26. The molecule has 0 spiro atoms. The van der Waals surface area contributed by atoms with Crippen LogP contribution < -0.4 is 4.74 Å². The highest BCUT2D eigenvalue weighted by molar-refractivity contribution is 5.68. The number of pyridine rings is 1. The Morgan fingerprint density at radius 2 is 2.12 bits per heavy atom. The Bertz CT molecular complexity index is 585. The third-order valence-electron chi connectivity index (χ3n) is 2.64. The number of nitrogens with zero attached hydrogens (tertiary/aromatic N) is 2. The molecule has 84 valence electrons. The van der Waals surface area contributed by atoms with E-state index >= 15 is 0 Å². The molecule has 3 nitrogen and oxygen atoms in total. The van der Waals surface area contributed by atoms with Crippen LogP contribution in [0, 0.1) is 18.3 Å². The van der Waals surface area contributed by atoms with Gasteiger partial charge in [0.1, 0.15) is 11.8 Å². The second kappa shape index (κ2) is 4.67. The van der Waals surface area contributed by atoms with E-state index in [0.29, 0.717) is 11.3 Å². The molecule has 1 aromatic carbocycles. The highest BCUT2D eigenvalue weighted by atomic mass is 16.5. The number of aryl methyl sites for hydroxylation is 1. The number of rotatable bonds is 2. The summed E-state index contributed by atoms with van der Waals surface area (Å²) in [6.07, 6.45) is 1.76. The quantitative estimate of drug-likeness (QED) is 0.787. The number of hydrogen-bond acceptors (Lipinski definition) is 3. The van der Waals surface area contributed by atoms with Gasteiger partial charge in [0, 0.05) is 17.5 Å². The van der Waals surface area contributed by atoms with Gasteiger partial charge in [0.25, 0.3) is 0 Å². The molecule has 1 heterocycles. The van der Waals surface area contributed by atoms with Crippen LogP contribution in [-0.4, -0.2) is 12.1 Å². The first kappa shape index (κ1) is 11.2. The molecule has 0 aliphatic rings. The summed E-state index contributed by atoms with van der Waals surface area (Å²) >= 11 is 0. The summed E-state index contributed by atoms with van der Waals surface area (Å²) in [7, 11) is 1.57. The summed E-state index contributed by atoms with van der Waals surface area (Å²) in [4.78, 5) is 4.25. The van der Waals surface area contributed by atoms with Crippen LogP contribution in [0.3, 0.4) is 0 Å². The lowest BCUT2D eigenvalue weighted by Crippen LogP contribution is -1.91.